The van der Waals surface area contributed by atoms with Crippen LogP contribution in [0, 0.1) is 11.3 Å². The van der Waals surface area contributed by atoms with Crippen molar-refractivity contribution in [1.29, 1.82) is 0 Å². The van der Waals surface area contributed by atoms with Crippen LogP contribution in [0.1, 0.15) is 40.0 Å². The number of nitrogens with zero attached hydrogens (tertiary/aromatic N) is 2. The van der Waals surface area contributed by atoms with Crippen molar-refractivity contribution in [2.45, 2.75) is 40.0 Å². The number of nitrogens with one attached hydrogen (secondary N) is 1. The first-order chi connectivity index (χ1) is 10.3. The van der Waals surface area contributed by atoms with E-state index in [2.05, 4.69) is 31.1 Å². The first-order valence-corrected chi connectivity index (χ1v) is 7.84. The third-order valence-electron chi connectivity index (χ3n) is 3.85. The second-order valence-electron chi connectivity index (χ2n) is 7.12. The van der Waals surface area contributed by atoms with Crippen molar-refractivity contribution >= 4 is 17.5 Å². The Morgan fingerprint density at radius 3 is 2.36 bits per heavy atom. The Hall–Kier alpha value is -1.91. The number of likely N-dealkylation sites (tertiary alicyclic amines) is 1. The van der Waals surface area contributed by atoms with Gasteiger partial charge in [0, 0.05) is 43.5 Å². The average molecular weight is 303 g/mol. The number of pyridine rings is 1. The Labute approximate surface area is 132 Å². The number of hydrogen-bond donors (Lipinski definition) is 1. The van der Waals surface area contributed by atoms with E-state index in [0.717, 1.165) is 18.5 Å². The summed E-state index contributed by atoms with van der Waals surface area (Å²) in [5, 5.41) is 2.91. The molecule has 1 aliphatic heterocycles. The van der Waals surface area contributed by atoms with Gasteiger partial charge < -0.3 is 10.2 Å². The molecule has 1 aliphatic rings. The number of carbonyl (C=O) groups excluding carboxylic acids is 2. The van der Waals surface area contributed by atoms with E-state index >= 15 is 0 Å². The summed E-state index contributed by atoms with van der Waals surface area (Å²) in [6.07, 6.45) is 5.33. The summed E-state index contributed by atoms with van der Waals surface area (Å²) in [7, 11) is 0. The summed E-state index contributed by atoms with van der Waals surface area (Å²) < 4.78 is 0. The van der Waals surface area contributed by atoms with Crippen LogP contribution < -0.4 is 5.32 Å². The maximum atomic E-state index is 12.2. The SMILES string of the molecule is CC(C)(C)CC(=O)N1CCC(C(=O)Nc2ccncc2)CC1. The molecule has 1 aromatic rings. The van der Waals surface area contributed by atoms with Gasteiger partial charge in [0.15, 0.2) is 0 Å². The van der Waals surface area contributed by atoms with Crippen LogP contribution in [-0.4, -0.2) is 34.8 Å². The molecule has 5 heteroatoms. The second-order valence-corrected chi connectivity index (χ2v) is 7.12. The van der Waals surface area contributed by atoms with Crippen molar-refractivity contribution < 1.29 is 9.59 Å². The number of piperidine rings is 1. The molecule has 1 N–H and O–H groups in total. The molecule has 0 radical (unpaired) electrons. The van der Waals surface area contributed by atoms with E-state index in [1.165, 1.54) is 0 Å². The molecule has 0 aliphatic carbocycles. The minimum atomic E-state index is -0.0214. The van der Waals surface area contributed by atoms with Crippen LogP contribution >= 0.6 is 0 Å². The molecule has 0 unspecified atom stereocenters. The summed E-state index contributed by atoms with van der Waals surface area (Å²) in [4.78, 5) is 30.3. The molecule has 5 nitrogen and oxygen atoms in total. The van der Waals surface area contributed by atoms with Gasteiger partial charge in [-0.3, -0.25) is 14.6 Å². The number of rotatable bonds is 3. The van der Waals surface area contributed by atoms with E-state index in [9.17, 15) is 9.59 Å². The molecule has 0 atom stereocenters. The smallest absolute Gasteiger partial charge is 0.227 e. The van der Waals surface area contributed by atoms with Crippen LogP contribution in [-0.2, 0) is 9.59 Å². The van der Waals surface area contributed by atoms with E-state index in [0.29, 0.717) is 19.5 Å². The maximum Gasteiger partial charge on any atom is 0.227 e. The lowest BCUT2D eigenvalue weighted by Gasteiger charge is -2.33. The number of anilines is 1. The van der Waals surface area contributed by atoms with E-state index < -0.39 is 0 Å². The Bertz CT molecular complexity index is 514. The molecule has 0 saturated carbocycles. The third-order valence-corrected chi connectivity index (χ3v) is 3.85. The summed E-state index contributed by atoms with van der Waals surface area (Å²) >= 11 is 0. The molecule has 1 fully saturated rings. The topological polar surface area (TPSA) is 62.3 Å². The predicted octanol–water partition coefficient (Wildman–Crippen LogP) is 2.69. The first-order valence-electron chi connectivity index (χ1n) is 7.84. The Morgan fingerprint density at radius 2 is 1.82 bits per heavy atom. The molecular weight excluding hydrogens is 278 g/mol. The molecule has 0 aromatic carbocycles. The van der Waals surface area contributed by atoms with Crippen molar-refractivity contribution in [1.82, 2.24) is 9.88 Å². The van der Waals surface area contributed by atoms with Crippen LogP contribution in [0.5, 0.6) is 0 Å². The van der Waals surface area contributed by atoms with E-state index in [-0.39, 0.29) is 23.1 Å². The van der Waals surface area contributed by atoms with Gasteiger partial charge >= 0.3 is 0 Å². The van der Waals surface area contributed by atoms with Gasteiger partial charge in [-0.1, -0.05) is 20.8 Å². The molecule has 2 rings (SSSR count). The Morgan fingerprint density at radius 1 is 1.23 bits per heavy atom. The molecule has 2 amide bonds. The van der Waals surface area contributed by atoms with Gasteiger partial charge in [-0.05, 0) is 30.4 Å². The minimum Gasteiger partial charge on any atom is -0.343 e. The van der Waals surface area contributed by atoms with Crippen molar-refractivity contribution in [3.05, 3.63) is 24.5 Å². The van der Waals surface area contributed by atoms with Gasteiger partial charge in [0.1, 0.15) is 0 Å². The van der Waals surface area contributed by atoms with E-state index in [1.807, 2.05) is 4.90 Å². The van der Waals surface area contributed by atoms with Crippen LogP contribution in [0.2, 0.25) is 0 Å². The highest BCUT2D eigenvalue weighted by atomic mass is 16.2. The standard InChI is InChI=1S/C17H25N3O2/c1-17(2,3)12-15(21)20-10-6-13(7-11-20)16(22)19-14-4-8-18-9-5-14/h4-5,8-9,13H,6-7,10-12H2,1-3H3,(H,18,19,22). The van der Waals surface area contributed by atoms with Gasteiger partial charge in [-0.15, -0.1) is 0 Å². The molecule has 22 heavy (non-hydrogen) atoms. The predicted molar refractivity (Wildman–Crippen MR) is 86.2 cm³/mol. The number of carbonyl (C=O) groups is 2. The van der Waals surface area contributed by atoms with Crippen LogP contribution in [0.3, 0.4) is 0 Å². The fourth-order valence-corrected chi connectivity index (χ4v) is 2.64. The second kappa shape index (κ2) is 6.90. The normalized spacial score (nSPS) is 16.4. The summed E-state index contributed by atoms with van der Waals surface area (Å²) in [5.74, 6) is 0.210. The van der Waals surface area contributed by atoms with Crippen LogP contribution in [0.25, 0.3) is 0 Å². The zero-order valence-electron chi connectivity index (χ0n) is 13.6. The number of aromatic nitrogens is 1. The Kier molecular flexibility index (Phi) is 5.16. The molecule has 1 aromatic heterocycles. The van der Waals surface area contributed by atoms with E-state index in [4.69, 9.17) is 0 Å². The van der Waals surface area contributed by atoms with Gasteiger partial charge in [-0.25, -0.2) is 0 Å². The van der Waals surface area contributed by atoms with Gasteiger partial charge in [0.05, 0.1) is 0 Å². The van der Waals surface area contributed by atoms with Crippen molar-refractivity contribution in [2.24, 2.45) is 11.3 Å². The summed E-state index contributed by atoms with van der Waals surface area (Å²) in [5.41, 5.74) is 0.776. The number of amides is 2. The molecule has 0 bridgehead atoms. The average Bonchev–Trinajstić information content (AvgIpc) is 2.46. The highest BCUT2D eigenvalue weighted by molar-refractivity contribution is 5.92. The zero-order valence-corrected chi connectivity index (χ0v) is 13.6. The third kappa shape index (κ3) is 4.83. The first kappa shape index (κ1) is 16.5. The highest BCUT2D eigenvalue weighted by Gasteiger charge is 2.28. The number of hydrogen-bond acceptors (Lipinski definition) is 3. The van der Waals surface area contributed by atoms with Crippen LogP contribution in [0.15, 0.2) is 24.5 Å². The van der Waals surface area contributed by atoms with Crippen molar-refractivity contribution in [2.75, 3.05) is 18.4 Å². The monoisotopic (exact) mass is 303 g/mol. The highest BCUT2D eigenvalue weighted by Crippen LogP contribution is 2.24. The fourth-order valence-electron chi connectivity index (χ4n) is 2.64. The quantitative estimate of drug-likeness (QED) is 0.934. The molecule has 2 heterocycles. The van der Waals surface area contributed by atoms with Crippen molar-refractivity contribution in [3.63, 3.8) is 0 Å². The Balaban J connectivity index is 1.82. The molecule has 120 valence electrons. The van der Waals surface area contributed by atoms with Crippen LogP contribution in [0.4, 0.5) is 5.69 Å². The lowest BCUT2D eigenvalue weighted by molar-refractivity contribution is -0.136. The van der Waals surface area contributed by atoms with E-state index in [1.54, 1.807) is 24.5 Å². The van der Waals surface area contributed by atoms with Gasteiger partial charge in [0.2, 0.25) is 11.8 Å². The maximum absolute atomic E-state index is 12.2. The van der Waals surface area contributed by atoms with Gasteiger partial charge in [-0.2, -0.15) is 0 Å². The minimum absolute atomic E-state index is 0.00660. The lowest BCUT2D eigenvalue weighted by Crippen LogP contribution is -2.42. The van der Waals surface area contributed by atoms with Crippen molar-refractivity contribution in [3.8, 4) is 0 Å². The lowest BCUT2D eigenvalue weighted by atomic mass is 9.90. The molecular formula is C17H25N3O2. The largest absolute Gasteiger partial charge is 0.343 e. The zero-order chi connectivity index (χ0) is 16.2. The summed E-state index contributed by atoms with van der Waals surface area (Å²) in [6, 6.07) is 3.56. The van der Waals surface area contributed by atoms with Gasteiger partial charge in [0.25, 0.3) is 0 Å². The molecule has 1 saturated heterocycles. The fraction of sp³-hybridized carbons (Fsp3) is 0.588. The molecule has 0 spiro atoms. The summed E-state index contributed by atoms with van der Waals surface area (Å²) in [6.45, 7) is 7.55.